The number of likely N-dealkylation sites (tertiary alicyclic amines) is 1. The quantitative estimate of drug-likeness (QED) is 0.712. The van der Waals surface area contributed by atoms with Gasteiger partial charge in [-0.25, -0.2) is 4.98 Å². The van der Waals surface area contributed by atoms with Gasteiger partial charge in [0, 0.05) is 48.2 Å². The number of nitrogens with two attached hydrogens (primary N) is 1. The zero-order valence-corrected chi connectivity index (χ0v) is 17.3. The van der Waals surface area contributed by atoms with E-state index < -0.39 is 0 Å². The van der Waals surface area contributed by atoms with E-state index in [1.807, 2.05) is 42.3 Å². The van der Waals surface area contributed by atoms with Gasteiger partial charge < -0.3 is 15.4 Å². The highest BCUT2D eigenvalue weighted by Crippen LogP contribution is 2.30. The Morgan fingerprint density at radius 3 is 2.53 bits per heavy atom. The van der Waals surface area contributed by atoms with Gasteiger partial charge in [0.25, 0.3) is 5.91 Å². The summed E-state index contributed by atoms with van der Waals surface area (Å²) in [5, 5.41) is 0. The van der Waals surface area contributed by atoms with E-state index in [1.165, 1.54) is 0 Å². The molecule has 0 bridgehead atoms. The van der Waals surface area contributed by atoms with Crippen LogP contribution in [0.3, 0.4) is 0 Å². The highest BCUT2D eigenvalue weighted by molar-refractivity contribution is 5.97. The van der Waals surface area contributed by atoms with Crippen LogP contribution in [0.1, 0.15) is 40.4 Å². The summed E-state index contributed by atoms with van der Waals surface area (Å²) in [5.41, 5.74) is 10.2. The van der Waals surface area contributed by atoms with Crippen molar-refractivity contribution in [3.63, 3.8) is 0 Å². The summed E-state index contributed by atoms with van der Waals surface area (Å²) >= 11 is 0. The molecule has 1 aromatic carbocycles. The molecule has 1 fully saturated rings. The number of benzene rings is 1. The van der Waals surface area contributed by atoms with Crippen LogP contribution in [0.25, 0.3) is 11.1 Å². The van der Waals surface area contributed by atoms with Gasteiger partial charge in [0.15, 0.2) is 0 Å². The largest absolute Gasteiger partial charge is 0.496 e. The number of aryl methyl sites for hydroxylation is 1. The van der Waals surface area contributed by atoms with Crippen molar-refractivity contribution >= 4 is 11.7 Å². The molecule has 3 heterocycles. The third-order valence-electron chi connectivity index (χ3n) is 5.68. The first kappa shape index (κ1) is 19.9. The molecule has 6 heteroatoms. The molecule has 0 spiro atoms. The first-order valence-electron chi connectivity index (χ1n) is 10.2. The minimum atomic E-state index is 0.0184. The molecule has 1 atom stereocenters. The smallest absolute Gasteiger partial charge is 0.257 e. The van der Waals surface area contributed by atoms with Crippen LogP contribution in [-0.2, 0) is 0 Å². The van der Waals surface area contributed by atoms with E-state index in [-0.39, 0.29) is 11.8 Å². The standard InChI is InChI=1S/C24H26N4O2/c1-16-5-3-7-20(23(16)30-2)24(29)28-12-4-6-19(15-28)21-10-8-17(13-26-21)18-9-11-22(25)27-14-18/h3,5,7-11,13-14,19H,4,6,12,15H2,1-2H3,(H2,25,27)/t19-/m1/s1. The third kappa shape index (κ3) is 3.99. The number of piperidine rings is 1. The van der Waals surface area contributed by atoms with Gasteiger partial charge in [-0.3, -0.25) is 9.78 Å². The molecular formula is C24H26N4O2. The van der Waals surface area contributed by atoms with Crippen LogP contribution in [0.5, 0.6) is 5.75 Å². The Morgan fingerprint density at radius 2 is 1.87 bits per heavy atom. The topological polar surface area (TPSA) is 81.3 Å². The van der Waals surface area contributed by atoms with E-state index in [9.17, 15) is 4.79 Å². The summed E-state index contributed by atoms with van der Waals surface area (Å²) < 4.78 is 5.49. The molecule has 1 amide bonds. The highest BCUT2D eigenvalue weighted by atomic mass is 16.5. The second kappa shape index (κ2) is 8.53. The van der Waals surface area contributed by atoms with Crippen LogP contribution in [0.15, 0.2) is 54.9 Å². The fourth-order valence-electron chi connectivity index (χ4n) is 4.06. The molecule has 0 saturated carbocycles. The number of ether oxygens (including phenoxy) is 1. The van der Waals surface area contributed by atoms with Crippen molar-refractivity contribution in [3.05, 3.63) is 71.7 Å². The van der Waals surface area contributed by atoms with Crippen LogP contribution >= 0.6 is 0 Å². The van der Waals surface area contributed by atoms with Gasteiger partial charge in [0.1, 0.15) is 11.6 Å². The monoisotopic (exact) mass is 402 g/mol. The molecule has 2 aromatic heterocycles. The van der Waals surface area contributed by atoms with Crippen molar-refractivity contribution < 1.29 is 9.53 Å². The molecule has 0 radical (unpaired) electrons. The number of aromatic nitrogens is 2. The number of para-hydroxylation sites is 1. The summed E-state index contributed by atoms with van der Waals surface area (Å²) in [7, 11) is 1.61. The number of pyridine rings is 2. The number of anilines is 1. The van der Waals surface area contributed by atoms with Crippen molar-refractivity contribution in [2.75, 3.05) is 25.9 Å². The molecule has 2 N–H and O–H groups in total. The molecule has 154 valence electrons. The molecule has 6 nitrogen and oxygen atoms in total. The number of hydrogen-bond acceptors (Lipinski definition) is 5. The number of amides is 1. The van der Waals surface area contributed by atoms with Gasteiger partial charge in [-0.2, -0.15) is 0 Å². The number of rotatable bonds is 4. The Morgan fingerprint density at radius 1 is 1.10 bits per heavy atom. The molecule has 3 aromatic rings. The maximum Gasteiger partial charge on any atom is 0.257 e. The molecule has 1 aliphatic rings. The van der Waals surface area contributed by atoms with E-state index >= 15 is 0 Å². The first-order valence-corrected chi connectivity index (χ1v) is 10.2. The van der Waals surface area contributed by atoms with Gasteiger partial charge >= 0.3 is 0 Å². The molecule has 0 unspecified atom stereocenters. The van der Waals surface area contributed by atoms with E-state index in [2.05, 4.69) is 17.1 Å². The Labute approximate surface area is 176 Å². The second-order valence-corrected chi connectivity index (χ2v) is 7.69. The van der Waals surface area contributed by atoms with Crippen LogP contribution in [0.4, 0.5) is 5.82 Å². The van der Waals surface area contributed by atoms with Crippen molar-refractivity contribution in [2.24, 2.45) is 0 Å². The lowest BCUT2D eigenvalue weighted by Gasteiger charge is -2.33. The predicted octanol–water partition coefficient (Wildman–Crippen LogP) is 4.06. The number of methoxy groups -OCH3 is 1. The Kier molecular flexibility index (Phi) is 5.65. The minimum absolute atomic E-state index is 0.0184. The van der Waals surface area contributed by atoms with Crippen LogP contribution in [-0.4, -0.2) is 41.0 Å². The van der Waals surface area contributed by atoms with Crippen molar-refractivity contribution in [2.45, 2.75) is 25.7 Å². The number of carbonyl (C=O) groups excluding carboxylic acids is 1. The summed E-state index contributed by atoms with van der Waals surface area (Å²) in [4.78, 5) is 23.9. The Balaban J connectivity index is 1.51. The van der Waals surface area contributed by atoms with Crippen LogP contribution < -0.4 is 10.5 Å². The normalized spacial score (nSPS) is 16.3. The lowest BCUT2D eigenvalue weighted by Crippen LogP contribution is -2.39. The van der Waals surface area contributed by atoms with E-state index in [4.69, 9.17) is 15.5 Å². The molecule has 1 aliphatic heterocycles. The fraction of sp³-hybridized carbons (Fsp3) is 0.292. The third-order valence-corrected chi connectivity index (χ3v) is 5.68. The summed E-state index contributed by atoms with van der Waals surface area (Å²) in [5.74, 6) is 1.40. The van der Waals surface area contributed by atoms with Crippen molar-refractivity contribution in [1.29, 1.82) is 0 Å². The fourth-order valence-corrected chi connectivity index (χ4v) is 4.06. The Bertz CT molecular complexity index is 1030. The molecule has 1 saturated heterocycles. The Hall–Kier alpha value is -3.41. The van der Waals surface area contributed by atoms with Crippen LogP contribution in [0.2, 0.25) is 0 Å². The zero-order chi connectivity index (χ0) is 21.1. The van der Waals surface area contributed by atoms with Crippen molar-refractivity contribution in [1.82, 2.24) is 14.9 Å². The number of nitrogen functional groups attached to an aromatic ring is 1. The minimum Gasteiger partial charge on any atom is -0.496 e. The van der Waals surface area contributed by atoms with E-state index in [0.717, 1.165) is 41.8 Å². The lowest BCUT2D eigenvalue weighted by atomic mass is 9.93. The average molecular weight is 402 g/mol. The molecule has 30 heavy (non-hydrogen) atoms. The van der Waals surface area contributed by atoms with Gasteiger partial charge in [-0.1, -0.05) is 18.2 Å². The van der Waals surface area contributed by atoms with E-state index in [1.54, 1.807) is 19.4 Å². The molecule has 4 rings (SSSR count). The summed E-state index contributed by atoms with van der Waals surface area (Å²) in [6.45, 7) is 3.37. The molecular weight excluding hydrogens is 376 g/mol. The zero-order valence-electron chi connectivity index (χ0n) is 17.3. The predicted molar refractivity (Wildman–Crippen MR) is 117 cm³/mol. The number of carbonyl (C=O) groups is 1. The average Bonchev–Trinajstić information content (AvgIpc) is 2.79. The number of nitrogens with zero attached hydrogens (tertiary/aromatic N) is 3. The summed E-state index contributed by atoms with van der Waals surface area (Å²) in [6.07, 6.45) is 5.59. The van der Waals surface area contributed by atoms with Gasteiger partial charge in [0.05, 0.1) is 12.7 Å². The van der Waals surface area contributed by atoms with Gasteiger partial charge in [-0.15, -0.1) is 0 Å². The second-order valence-electron chi connectivity index (χ2n) is 7.69. The SMILES string of the molecule is COc1c(C)cccc1C(=O)N1CCC[C@@H](c2ccc(-c3ccc(N)nc3)cn2)C1. The maximum atomic E-state index is 13.2. The highest BCUT2D eigenvalue weighted by Gasteiger charge is 2.28. The first-order chi connectivity index (χ1) is 14.6. The lowest BCUT2D eigenvalue weighted by molar-refractivity contribution is 0.0702. The molecule has 0 aliphatic carbocycles. The summed E-state index contributed by atoms with van der Waals surface area (Å²) in [6, 6.07) is 13.5. The van der Waals surface area contributed by atoms with Gasteiger partial charge in [-0.05, 0) is 49.6 Å². The maximum absolute atomic E-state index is 13.2. The van der Waals surface area contributed by atoms with Crippen LogP contribution in [0, 0.1) is 6.92 Å². The number of hydrogen-bond donors (Lipinski definition) is 1. The van der Waals surface area contributed by atoms with Gasteiger partial charge in [0.2, 0.25) is 0 Å². The van der Waals surface area contributed by atoms with Crippen molar-refractivity contribution in [3.8, 4) is 16.9 Å². The van der Waals surface area contributed by atoms with E-state index in [0.29, 0.717) is 23.7 Å².